The van der Waals surface area contributed by atoms with Crippen molar-refractivity contribution in [1.82, 2.24) is 0 Å². The molecule has 0 aliphatic carbocycles. The summed E-state index contributed by atoms with van der Waals surface area (Å²) in [6, 6.07) is 0. The van der Waals surface area contributed by atoms with Crippen molar-refractivity contribution in [2.45, 2.75) is 51.3 Å². The number of aliphatic hydroxyl groups is 1. The molecule has 2 aliphatic rings. The second-order valence-electron chi connectivity index (χ2n) is 4.52. The summed E-state index contributed by atoms with van der Waals surface area (Å²) in [5, 5.41) is 9.02. The minimum Gasteiger partial charge on any atom is -0.368 e. The predicted octanol–water partition coefficient (Wildman–Crippen LogP) is 1.92. The first-order chi connectivity index (χ1) is 7.75. The number of ether oxygens (including phenoxy) is 2. The van der Waals surface area contributed by atoms with Crippen molar-refractivity contribution < 1.29 is 18.8 Å². The van der Waals surface area contributed by atoms with E-state index in [0.717, 1.165) is 31.6 Å². The van der Waals surface area contributed by atoms with Crippen molar-refractivity contribution in [3.63, 3.8) is 0 Å². The first-order valence-corrected chi connectivity index (χ1v) is 6.90. The molecule has 0 aromatic carbocycles. The molecule has 2 rings (SSSR count). The van der Waals surface area contributed by atoms with Gasteiger partial charge in [0.15, 0.2) is 12.6 Å². The maximum atomic E-state index is 9.02. The van der Waals surface area contributed by atoms with E-state index >= 15 is 0 Å². The zero-order valence-electron chi connectivity index (χ0n) is 9.63. The molecule has 0 aromatic heterocycles. The normalized spacial score (nSPS) is 36.8. The van der Waals surface area contributed by atoms with Gasteiger partial charge < -0.3 is 14.6 Å². The van der Waals surface area contributed by atoms with Crippen LogP contribution < -0.4 is 0 Å². The zero-order valence-corrected chi connectivity index (χ0v) is 10.4. The third kappa shape index (κ3) is 3.60. The van der Waals surface area contributed by atoms with Crippen molar-refractivity contribution >= 4 is 12.0 Å². The molecular formula is C11H20O4S. The van der Waals surface area contributed by atoms with E-state index in [1.165, 1.54) is 18.5 Å². The fraction of sp³-hybridized carbons (Fsp3) is 1.00. The second-order valence-corrected chi connectivity index (χ2v) is 5.28. The lowest BCUT2D eigenvalue weighted by Crippen LogP contribution is -2.42. The van der Waals surface area contributed by atoms with Crippen molar-refractivity contribution in [2.24, 2.45) is 5.92 Å². The smallest absolute Gasteiger partial charge is 0.170 e. The largest absolute Gasteiger partial charge is 0.368 e. The summed E-state index contributed by atoms with van der Waals surface area (Å²) in [7, 11) is 0. The van der Waals surface area contributed by atoms with Crippen molar-refractivity contribution in [1.29, 1.82) is 0 Å². The number of rotatable bonds is 5. The summed E-state index contributed by atoms with van der Waals surface area (Å²) in [6.45, 7) is 2.94. The van der Waals surface area contributed by atoms with Crippen LogP contribution >= 0.6 is 12.0 Å². The first kappa shape index (κ1) is 12.6. The molecule has 0 bridgehead atoms. The molecule has 2 aliphatic heterocycles. The molecule has 4 nitrogen and oxygen atoms in total. The molecule has 2 heterocycles. The van der Waals surface area contributed by atoms with Gasteiger partial charge in [-0.15, -0.1) is 0 Å². The molecule has 0 spiro atoms. The topological polar surface area (TPSA) is 47.9 Å². The van der Waals surface area contributed by atoms with Crippen LogP contribution in [0, 0.1) is 5.92 Å². The molecule has 4 atom stereocenters. The summed E-state index contributed by atoms with van der Waals surface area (Å²) in [4.78, 5) is 0. The summed E-state index contributed by atoms with van der Waals surface area (Å²) in [5.74, 6) is 1.30. The van der Waals surface area contributed by atoms with Gasteiger partial charge in [-0.2, -0.15) is 0 Å². The number of hydrogen-bond donors (Lipinski definition) is 1. The third-order valence-electron chi connectivity index (χ3n) is 3.04. The molecule has 0 aromatic rings. The Balaban J connectivity index is 1.53. The lowest BCUT2D eigenvalue weighted by atomic mass is 9.99. The number of hydrogen-bond acceptors (Lipinski definition) is 5. The predicted molar refractivity (Wildman–Crippen MR) is 61.8 cm³/mol. The fourth-order valence-electron chi connectivity index (χ4n) is 1.87. The standard InChI is InChI=1S/C11H20O4S/c1-8(9-6-10(12)14-9)7-16-15-11-4-2-3-5-13-11/h8-12H,2-7H2,1H3. The van der Waals surface area contributed by atoms with Gasteiger partial charge >= 0.3 is 0 Å². The van der Waals surface area contributed by atoms with Crippen LogP contribution in [0.4, 0.5) is 0 Å². The molecular weight excluding hydrogens is 228 g/mol. The number of aliphatic hydroxyl groups excluding tert-OH is 1. The maximum Gasteiger partial charge on any atom is 0.170 e. The van der Waals surface area contributed by atoms with Crippen LogP contribution in [-0.4, -0.2) is 36.2 Å². The van der Waals surface area contributed by atoms with Gasteiger partial charge in [0.1, 0.15) is 0 Å². The van der Waals surface area contributed by atoms with Crippen LogP contribution in [0.2, 0.25) is 0 Å². The Morgan fingerprint density at radius 3 is 2.94 bits per heavy atom. The van der Waals surface area contributed by atoms with Gasteiger partial charge in [0, 0.05) is 18.8 Å². The molecule has 0 radical (unpaired) electrons. The van der Waals surface area contributed by atoms with Crippen LogP contribution in [0.15, 0.2) is 0 Å². The van der Waals surface area contributed by atoms with E-state index in [4.69, 9.17) is 18.8 Å². The SMILES string of the molecule is CC(CSOC1CCCCO1)C1CC(O)O1. The quantitative estimate of drug-likeness (QED) is 0.753. The van der Waals surface area contributed by atoms with E-state index in [1.54, 1.807) is 0 Å². The van der Waals surface area contributed by atoms with E-state index in [9.17, 15) is 0 Å². The molecule has 2 saturated heterocycles. The highest BCUT2D eigenvalue weighted by Gasteiger charge is 2.32. The average molecular weight is 248 g/mol. The van der Waals surface area contributed by atoms with Crippen LogP contribution in [0.25, 0.3) is 0 Å². The summed E-state index contributed by atoms with van der Waals surface area (Å²) in [5.41, 5.74) is 0. The summed E-state index contributed by atoms with van der Waals surface area (Å²) < 4.78 is 16.2. The van der Waals surface area contributed by atoms with Gasteiger partial charge in [0.05, 0.1) is 6.10 Å². The molecule has 1 N–H and O–H groups in total. The highest BCUT2D eigenvalue weighted by Crippen LogP contribution is 2.28. The average Bonchev–Trinajstić information content (AvgIpc) is 2.26. The summed E-state index contributed by atoms with van der Waals surface area (Å²) in [6.07, 6.45) is 3.71. The van der Waals surface area contributed by atoms with E-state index in [0.29, 0.717) is 5.92 Å². The molecule has 4 unspecified atom stereocenters. The Morgan fingerprint density at radius 1 is 1.50 bits per heavy atom. The lowest BCUT2D eigenvalue weighted by Gasteiger charge is -2.36. The van der Waals surface area contributed by atoms with Gasteiger partial charge in [-0.05, 0) is 37.2 Å². The Kier molecular flexibility index (Phi) is 4.91. The molecule has 0 saturated carbocycles. The first-order valence-electron chi connectivity index (χ1n) is 5.99. The minimum absolute atomic E-state index is 0.0288. The van der Waals surface area contributed by atoms with E-state index < -0.39 is 6.29 Å². The Labute approximate surface area is 101 Å². The Hall–Kier alpha value is 0.190. The molecule has 5 heteroatoms. The maximum absolute atomic E-state index is 9.02. The van der Waals surface area contributed by atoms with Gasteiger partial charge in [-0.25, -0.2) is 0 Å². The summed E-state index contributed by atoms with van der Waals surface area (Å²) >= 11 is 1.46. The van der Waals surface area contributed by atoms with E-state index in [-0.39, 0.29) is 12.4 Å². The fourth-order valence-corrected chi connectivity index (χ4v) is 2.68. The highest BCUT2D eigenvalue weighted by atomic mass is 32.2. The zero-order chi connectivity index (χ0) is 11.4. The van der Waals surface area contributed by atoms with Crippen LogP contribution in [0.3, 0.4) is 0 Å². The molecule has 16 heavy (non-hydrogen) atoms. The molecule has 2 fully saturated rings. The molecule has 0 amide bonds. The van der Waals surface area contributed by atoms with Gasteiger partial charge in [0.2, 0.25) is 0 Å². The Bertz CT molecular complexity index is 202. The highest BCUT2D eigenvalue weighted by molar-refractivity contribution is 7.94. The van der Waals surface area contributed by atoms with Crippen LogP contribution in [-0.2, 0) is 13.7 Å². The van der Waals surface area contributed by atoms with Gasteiger partial charge in [0.25, 0.3) is 0 Å². The van der Waals surface area contributed by atoms with Crippen LogP contribution in [0.1, 0.15) is 32.6 Å². The van der Waals surface area contributed by atoms with E-state index in [2.05, 4.69) is 6.92 Å². The van der Waals surface area contributed by atoms with Crippen molar-refractivity contribution in [2.75, 3.05) is 12.4 Å². The van der Waals surface area contributed by atoms with Gasteiger partial charge in [-0.3, -0.25) is 4.18 Å². The third-order valence-corrected chi connectivity index (χ3v) is 4.06. The monoisotopic (exact) mass is 248 g/mol. The van der Waals surface area contributed by atoms with Gasteiger partial charge in [-0.1, -0.05) is 6.92 Å². The van der Waals surface area contributed by atoms with Crippen molar-refractivity contribution in [3.8, 4) is 0 Å². The lowest BCUT2D eigenvalue weighted by molar-refractivity contribution is -0.243. The minimum atomic E-state index is -0.542. The van der Waals surface area contributed by atoms with E-state index in [1.807, 2.05) is 0 Å². The second kappa shape index (κ2) is 6.21. The Morgan fingerprint density at radius 2 is 2.31 bits per heavy atom. The van der Waals surface area contributed by atoms with Crippen LogP contribution in [0.5, 0.6) is 0 Å². The van der Waals surface area contributed by atoms with Crippen molar-refractivity contribution in [3.05, 3.63) is 0 Å². The molecule has 94 valence electrons.